The molecule has 16 nitrogen and oxygen atoms in total. The summed E-state index contributed by atoms with van der Waals surface area (Å²) in [7, 11) is 2.06. The highest BCUT2D eigenvalue weighted by molar-refractivity contribution is 5.83. The van der Waals surface area contributed by atoms with Gasteiger partial charge in [0.2, 0.25) is 0 Å². The zero-order valence-electron chi connectivity index (χ0n) is 32.5. The number of β-amino-alcohol motifs (C(OH)–C–C–N with tert-alkyl or cyclic N) is 1. The molecule has 0 spiro atoms. The average molecular weight is 784 g/mol. The van der Waals surface area contributed by atoms with Gasteiger partial charge in [-0.05, 0) is 54.2 Å². The monoisotopic (exact) mass is 783 g/mol. The molecular formula is C41H53N9O7. The standard InChI is InChI=1S/C41H53N9O7/c1-43-13-17-47(18-14-43)39-28-34(8-11-38(39)50(55)56)45-19-15-44(16-20-45)29-41(52)40(30-51)48-23-21-46(22-24-48)33-7-10-37(49(53)54)36(27-33)42-12-25-57-35-9-6-31-4-2-3-5-32(31)26-35/h2-11,26-28,40-42,51-52H,12-25,29-30H2,1H3. The van der Waals surface area contributed by atoms with Crippen molar-refractivity contribution >= 4 is 44.9 Å². The number of aliphatic hydroxyl groups excluding tert-OH is 2. The van der Waals surface area contributed by atoms with E-state index in [2.05, 4.69) is 41.8 Å². The zero-order valence-corrected chi connectivity index (χ0v) is 32.5. The molecular weight excluding hydrogens is 731 g/mol. The van der Waals surface area contributed by atoms with Crippen LogP contribution in [0.1, 0.15) is 0 Å². The molecule has 0 aromatic heterocycles. The Morgan fingerprint density at radius 1 is 0.719 bits per heavy atom. The van der Waals surface area contributed by atoms with E-state index in [0.29, 0.717) is 57.3 Å². The first kappa shape index (κ1) is 40.0. The Balaban J connectivity index is 0.891. The molecule has 3 N–H and O–H groups in total. The second-order valence-corrected chi connectivity index (χ2v) is 15.1. The number of ether oxygens (including phenoxy) is 1. The van der Waals surface area contributed by atoms with Gasteiger partial charge in [0, 0.05) is 115 Å². The number of aliphatic hydroxyl groups is 2. The van der Waals surface area contributed by atoms with Crippen molar-refractivity contribution in [3.63, 3.8) is 0 Å². The van der Waals surface area contributed by atoms with Crippen LogP contribution in [-0.2, 0) is 0 Å². The van der Waals surface area contributed by atoms with E-state index in [1.807, 2.05) is 60.7 Å². The van der Waals surface area contributed by atoms with E-state index in [9.17, 15) is 30.4 Å². The Hall–Kier alpha value is -5.26. The SMILES string of the molecule is CN1CCN(c2cc(N3CCN(CC(O)C(CO)N4CCN(c5ccc([N+](=O)[O-])c(NCCOc6ccc7ccccc7c6)c5)CC4)CC3)ccc2[N+](=O)[O-])CC1. The van der Waals surface area contributed by atoms with Gasteiger partial charge in [0.1, 0.15) is 23.7 Å². The Morgan fingerprint density at radius 2 is 1.33 bits per heavy atom. The highest BCUT2D eigenvalue weighted by Gasteiger charge is 2.32. The summed E-state index contributed by atoms with van der Waals surface area (Å²) >= 11 is 0. The summed E-state index contributed by atoms with van der Waals surface area (Å²) in [5, 5.41) is 50.9. The lowest BCUT2D eigenvalue weighted by Crippen LogP contribution is -2.58. The summed E-state index contributed by atoms with van der Waals surface area (Å²) < 4.78 is 5.94. The van der Waals surface area contributed by atoms with Crippen molar-refractivity contribution in [1.29, 1.82) is 0 Å². The van der Waals surface area contributed by atoms with Gasteiger partial charge in [-0.2, -0.15) is 0 Å². The predicted molar refractivity (Wildman–Crippen MR) is 223 cm³/mol. The molecule has 3 aliphatic rings. The van der Waals surface area contributed by atoms with Gasteiger partial charge in [0.15, 0.2) is 0 Å². The molecule has 16 heteroatoms. The normalized spacial score (nSPS) is 18.4. The zero-order chi connectivity index (χ0) is 39.9. The van der Waals surface area contributed by atoms with E-state index < -0.39 is 12.1 Å². The molecule has 0 bridgehead atoms. The van der Waals surface area contributed by atoms with Crippen molar-refractivity contribution in [2.75, 3.05) is 132 Å². The summed E-state index contributed by atoms with van der Waals surface area (Å²) in [6.07, 6.45) is -0.761. The van der Waals surface area contributed by atoms with Crippen LogP contribution in [0.2, 0.25) is 0 Å². The molecule has 3 fully saturated rings. The van der Waals surface area contributed by atoms with Crippen molar-refractivity contribution < 1.29 is 24.8 Å². The molecule has 3 aliphatic heterocycles. The van der Waals surface area contributed by atoms with Crippen LogP contribution in [0.15, 0.2) is 78.9 Å². The third kappa shape index (κ3) is 9.65. The summed E-state index contributed by atoms with van der Waals surface area (Å²) in [6.45, 7) is 9.54. The minimum Gasteiger partial charge on any atom is -0.492 e. The first-order valence-corrected chi connectivity index (χ1v) is 19.8. The lowest BCUT2D eigenvalue weighted by Gasteiger charge is -2.43. The smallest absolute Gasteiger partial charge is 0.292 e. The second kappa shape index (κ2) is 18.3. The van der Waals surface area contributed by atoms with Crippen LogP contribution in [-0.4, -0.2) is 159 Å². The Labute approximate surface area is 332 Å². The number of hydrogen-bond acceptors (Lipinski definition) is 14. The van der Waals surface area contributed by atoms with Crippen LogP contribution in [0.3, 0.4) is 0 Å². The molecule has 3 saturated heterocycles. The minimum absolute atomic E-state index is 0.00413. The highest BCUT2D eigenvalue weighted by Crippen LogP contribution is 2.34. The van der Waals surface area contributed by atoms with E-state index in [4.69, 9.17) is 4.74 Å². The number of benzene rings is 4. The number of nitrogens with one attached hydrogen (secondary N) is 1. The largest absolute Gasteiger partial charge is 0.492 e. The van der Waals surface area contributed by atoms with Gasteiger partial charge in [0.25, 0.3) is 11.4 Å². The van der Waals surface area contributed by atoms with Gasteiger partial charge >= 0.3 is 0 Å². The third-order valence-electron chi connectivity index (χ3n) is 11.5. The number of nitrogens with zero attached hydrogens (tertiary/aromatic N) is 8. The lowest BCUT2D eigenvalue weighted by atomic mass is 10.1. The molecule has 4 aromatic carbocycles. The lowest BCUT2D eigenvalue weighted by molar-refractivity contribution is -0.384. The van der Waals surface area contributed by atoms with E-state index >= 15 is 0 Å². The van der Waals surface area contributed by atoms with Crippen LogP contribution in [0.4, 0.5) is 34.1 Å². The predicted octanol–water partition coefficient (Wildman–Crippen LogP) is 3.56. The Bertz CT molecular complexity index is 2000. The van der Waals surface area contributed by atoms with Gasteiger partial charge in [-0.1, -0.05) is 30.3 Å². The molecule has 3 heterocycles. The maximum Gasteiger partial charge on any atom is 0.292 e. The first-order chi connectivity index (χ1) is 27.7. The van der Waals surface area contributed by atoms with Gasteiger partial charge in [-0.25, -0.2) is 0 Å². The van der Waals surface area contributed by atoms with Crippen molar-refractivity contribution in [3.8, 4) is 5.75 Å². The topological polar surface area (TPSA) is 167 Å². The molecule has 0 saturated carbocycles. The Morgan fingerprint density at radius 3 is 2.00 bits per heavy atom. The van der Waals surface area contributed by atoms with E-state index in [-0.39, 0.29) is 27.8 Å². The van der Waals surface area contributed by atoms with Gasteiger partial charge in [0.05, 0.1) is 28.6 Å². The van der Waals surface area contributed by atoms with Crippen molar-refractivity contribution in [1.82, 2.24) is 14.7 Å². The van der Waals surface area contributed by atoms with Crippen LogP contribution < -0.4 is 24.8 Å². The number of hydrogen-bond donors (Lipinski definition) is 3. The average Bonchev–Trinajstić information content (AvgIpc) is 3.23. The fraction of sp³-hybridized carbons (Fsp3) is 0.463. The van der Waals surface area contributed by atoms with Crippen LogP contribution in [0, 0.1) is 20.2 Å². The molecule has 4 aromatic rings. The molecule has 2 atom stereocenters. The maximum absolute atomic E-state index is 11.9. The summed E-state index contributed by atoms with van der Waals surface area (Å²) in [6, 6.07) is 24.0. The number of likely N-dealkylation sites (N-methyl/N-ethyl adjacent to an activating group) is 1. The maximum atomic E-state index is 11.9. The number of rotatable bonds is 15. The summed E-state index contributed by atoms with van der Waals surface area (Å²) in [5.41, 5.74) is 3.04. The quantitative estimate of drug-likeness (QED) is 0.0910. The number of fused-ring (bicyclic) bond motifs is 1. The molecule has 0 radical (unpaired) electrons. The first-order valence-electron chi connectivity index (χ1n) is 19.8. The third-order valence-corrected chi connectivity index (χ3v) is 11.5. The Kier molecular flexibility index (Phi) is 12.9. The molecule has 304 valence electrons. The minimum atomic E-state index is -0.761. The molecule has 0 amide bonds. The van der Waals surface area contributed by atoms with Crippen molar-refractivity contribution in [2.45, 2.75) is 12.1 Å². The number of nitro benzene ring substituents is 2. The highest BCUT2D eigenvalue weighted by atomic mass is 16.6. The molecule has 7 rings (SSSR count). The molecule has 0 aliphatic carbocycles. The summed E-state index contributed by atoms with van der Waals surface area (Å²) in [4.78, 5) is 36.1. The van der Waals surface area contributed by atoms with Gasteiger partial charge in [-0.15, -0.1) is 0 Å². The number of piperazine rings is 3. The number of anilines is 4. The van der Waals surface area contributed by atoms with Crippen LogP contribution >= 0.6 is 0 Å². The van der Waals surface area contributed by atoms with Crippen LogP contribution in [0.25, 0.3) is 10.8 Å². The van der Waals surface area contributed by atoms with Gasteiger partial charge < -0.3 is 39.9 Å². The van der Waals surface area contributed by atoms with Crippen molar-refractivity contribution in [3.05, 3.63) is 99.1 Å². The second-order valence-electron chi connectivity index (χ2n) is 15.1. The fourth-order valence-electron chi connectivity index (χ4n) is 8.16. The van der Waals surface area contributed by atoms with E-state index in [1.165, 1.54) is 6.07 Å². The van der Waals surface area contributed by atoms with Gasteiger partial charge in [-0.3, -0.25) is 30.0 Å². The molecule has 57 heavy (non-hydrogen) atoms. The van der Waals surface area contributed by atoms with Crippen LogP contribution in [0.5, 0.6) is 5.75 Å². The summed E-state index contributed by atoms with van der Waals surface area (Å²) in [5.74, 6) is 0.736. The van der Waals surface area contributed by atoms with E-state index in [0.717, 1.165) is 80.3 Å². The van der Waals surface area contributed by atoms with Crippen molar-refractivity contribution in [2.24, 2.45) is 0 Å². The van der Waals surface area contributed by atoms with E-state index in [1.54, 1.807) is 12.1 Å². The fourth-order valence-corrected chi connectivity index (χ4v) is 8.16. The molecule has 2 unspecified atom stereocenters. The number of nitro groups is 2.